The molecule has 1 fully saturated rings. The van der Waals surface area contributed by atoms with Crippen molar-refractivity contribution < 1.29 is 0 Å². The van der Waals surface area contributed by atoms with Gasteiger partial charge in [0.15, 0.2) is 5.11 Å². The van der Waals surface area contributed by atoms with E-state index in [2.05, 4.69) is 72.6 Å². The zero-order valence-corrected chi connectivity index (χ0v) is 15.4. The fourth-order valence-electron chi connectivity index (χ4n) is 3.56. The van der Waals surface area contributed by atoms with Gasteiger partial charge in [-0.05, 0) is 68.4 Å². The topological polar surface area (TPSA) is 15.3 Å². The van der Waals surface area contributed by atoms with Crippen LogP contribution in [0.4, 0.5) is 5.69 Å². The van der Waals surface area contributed by atoms with E-state index >= 15 is 0 Å². The van der Waals surface area contributed by atoms with Crippen molar-refractivity contribution >= 4 is 23.0 Å². The Kier molecular flexibility index (Phi) is 5.52. The van der Waals surface area contributed by atoms with E-state index in [0.717, 1.165) is 23.8 Å². The van der Waals surface area contributed by atoms with Crippen molar-refractivity contribution in [2.75, 3.05) is 11.9 Å². The lowest BCUT2D eigenvalue weighted by atomic mass is 9.96. The molecular weight excluding hydrogens is 312 g/mol. The van der Waals surface area contributed by atoms with Crippen molar-refractivity contribution in [3.8, 4) is 0 Å². The highest BCUT2D eigenvalue weighted by Crippen LogP contribution is 2.24. The van der Waals surface area contributed by atoms with Crippen LogP contribution in [-0.2, 0) is 6.42 Å². The number of aryl methyl sites for hydroxylation is 2. The molecule has 1 atom stereocenters. The predicted octanol–water partition coefficient (Wildman–Crippen LogP) is 5.10. The Morgan fingerprint density at radius 2 is 1.75 bits per heavy atom. The van der Waals surface area contributed by atoms with E-state index in [4.69, 9.17) is 12.2 Å². The first-order valence-electron chi connectivity index (χ1n) is 8.83. The van der Waals surface area contributed by atoms with Crippen LogP contribution in [0.1, 0.15) is 36.0 Å². The third-order valence-electron chi connectivity index (χ3n) is 4.92. The summed E-state index contributed by atoms with van der Waals surface area (Å²) < 4.78 is 0. The maximum atomic E-state index is 5.78. The van der Waals surface area contributed by atoms with E-state index in [1.165, 1.54) is 36.0 Å². The van der Waals surface area contributed by atoms with Crippen LogP contribution in [0.15, 0.2) is 48.5 Å². The Bertz CT molecular complexity index is 676. The monoisotopic (exact) mass is 338 g/mol. The number of rotatable bonds is 3. The van der Waals surface area contributed by atoms with Crippen molar-refractivity contribution in [2.45, 2.75) is 45.6 Å². The third kappa shape index (κ3) is 3.96. The number of nitrogens with zero attached hydrogens (tertiary/aromatic N) is 1. The maximum Gasteiger partial charge on any atom is 0.173 e. The lowest BCUT2D eigenvalue weighted by Gasteiger charge is -2.38. The van der Waals surface area contributed by atoms with Gasteiger partial charge in [0.25, 0.3) is 0 Å². The van der Waals surface area contributed by atoms with E-state index in [9.17, 15) is 0 Å². The normalized spacial score (nSPS) is 17.6. The average Bonchev–Trinajstić information content (AvgIpc) is 2.59. The molecule has 1 unspecified atom stereocenters. The van der Waals surface area contributed by atoms with Crippen molar-refractivity contribution in [1.29, 1.82) is 0 Å². The van der Waals surface area contributed by atoms with Gasteiger partial charge in [0.05, 0.1) is 0 Å². The summed E-state index contributed by atoms with van der Waals surface area (Å²) in [5.41, 5.74) is 5.04. The Morgan fingerprint density at radius 1 is 1.04 bits per heavy atom. The number of thiocarbonyl (C=S) groups is 1. The molecule has 0 saturated carbocycles. The molecule has 0 radical (unpaired) electrons. The predicted molar refractivity (Wildman–Crippen MR) is 107 cm³/mol. The summed E-state index contributed by atoms with van der Waals surface area (Å²) in [6, 6.07) is 17.6. The van der Waals surface area contributed by atoms with Crippen LogP contribution < -0.4 is 5.32 Å². The number of likely N-dealkylation sites (tertiary alicyclic amines) is 1. The summed E-state index contributed by atoms with van der Waals surface area (Å²) in [6.45, 7) is 5.32. The van der Waals surface area contributed by atoms with Crippen LogP contribution in [0.25, 0.3) is 0 Å². The first-order valence-corrected chi connectivity index (χ1v) is 9.24. The minimum atomic E-state index is 0.491. The van der Waals surface area contributed by atoms with Gasteiger partial charge in [-0.25, -0.2) is 0 Å². The number of nitrogens with one attached hydrogen (secondary N) is 1. The third-order valence-corrected chi connectivity index (χ3v) is 5.25. The summed E-state index contributed by atoms with van der Waals surface area (Å²) >= 11 is 5.78. The van der Waals surface area contributed by atoms with Gasteiger partial charge in [-0.3, -0.25) is 0 Å². The molecule has 24 heavy (non-hydrogen) atoms. The molecule has 0 aromatic heterocycles. The van der Waals surface area contributed by atoms with Crippen LogP contribution in [0.2, 0.25) is 0 Å². The molecule has 3 rings (SSSR count). The minimum absolute atomic E-state index is 0.491. The molecule has 0 aliphatic carbocycles. The molecule has 1 aliphatic rings. The van der Waals surface area contributed by atoms with Gasteiger partial charge in [-0.1, -0.05) is 48.5 Å². The van der Waals surface area contributed by atoms with E-state index in [1.54, 1.807) is 0 Å². The maximum absolute atomic E-state index is 5.78. The molecule has 2 aromatic rings. The molecule has 0 amide bonds. The molecular formula is C21H26N2S. The molecule has 1 aliphatic heterocycles. The largest absolute Gasteiger partial charge is 0.346 e. The summed E-state index contributed by atoms with van der Waals surface area (Å²) in [5.74, 6) is 0. The Hall–Kier alpha value is -1.87. The van der Waals surface area contributed by atoms with Gasteiger partial charge in [-0.2, -0.15) is 0 Å². The van der Waals surface area contributed by atoms with Gasteiger partial charge < -0.3 is 10.2 Å². The second-order valence-corrected chi connectivity index (χ2v) is 7.12. The number of benzene rings is 2. The van der Waals surface area contributed by atoms with E-state index in [0.29, 0.717) is 6.04 Å². The first-order chi connectivity index (χ1) is 11.6. The average molecular weight is 339 g/mol. The summed E-state index contributed by atoms with van der Waals surface area (Å²) in [5, 5.41) is 4.39. The minimum Gasteiger partial charge on any atom is -0.346 e. The SMILES string of the molecule is Cc1cccc(C)c1NC(=S)N1CCCCC1Cc1ccccc1. The Morgan fingerprint density at radius 3 is 2.46 bits per heavy atom. The summed E-state index contributed by atoms with van der Waals surface area (Å²) in [6.07, 6.45) is 4.79. The Labute approximate surface area is 150 Å². The second kappa shape index (κ2) is 7.80. The number of para-hydroxylation sites is 1. The van der Waals surface area contributed by atoms with Crippen molar-refractivity contribution in [1.82, 2.24) is 4.90 Å². The van der Waals surface area contributed by atoms with Crippen molar-refractivity contribution in [3.63, 3.8) is 0 Å². The van der Waals surface area contributed by atoms with E-state index in [1.807, 2.05) is 0 Å². The molecule has 2 nitrogen and oxygen atoms in total. The molecule has 3 heteroatoms. The first kappa shape index (κ1) is 17.0. The second-order valence-electron chi connectivity index (χ2n) is 6.73. The standard InChI is InChI=1S/C21H26N2S/c1-16-9-8-10-17(2)20(16)22-21(24)23-14-7-6-13-19(23)15-18-11-4-3-5-12-18/h3-5,8-12,19H,6-7,13-15H2,1-2H3,(H,22,24). The highest BCUT2D eigenvalue weighted by Gasteiger charge is 2.25. The molecule has 126 valence electrons. The highest BCUT2D eigenvalue weighted by molar-refractivity contribution is 7.80. The Balaban J connectivity index is 1.74. The van der Waals surface area contributed by atoms with E-state index < -0.39 is 0 Å². The molecule has 0 spiro atoms. The van der Waals surface area contributed by atoms with Crippen molar-refractivity contribution in [2.24, 2.45) is 0 Å². The highest BCUT2D eigenvalue weighted by atomic mass is 32.1. The van der Waals surface area contributed by atoms with Crippen LogP contribution in [-0.4, -0.2) is 22.6 Å². The summed E-state index contributed by atoms with van der Waals surface area (Å²) in [7, 11) is 0. The smallest absolute Gasteiger partial charge is 0.173 e. The zero-order chi connectivity index (χ0) is 16.9. The van der Waals surface area contributed by atoms with E-state index in [-0.39, 0.29) is 0 Å². The molecule has 2 aromatic carbocycles. The van der Waals surface area contributed by atoms with Crippen LogP contribution >= 0.6 is 12.2 Å². The van der Waals surface area contributed by atoms with Gasteiger partial charge in [0.1, 0.15) is 0 Å². The molecule has 1 N–H and O–H groups in total. The van der Waals surface area contributed by atoms with Crippen LogP contribution in [0.5, 0.6) is 0 Å². The number of hydrogen-bond acceptors (Lipinski definition) is 1. The van der Waals surface area contributed by atoms with Gasteiger partial charge >= 0.3 is 0 Å². The van der Waals surface area contributed by atoms with Crippen LogP contribution in [0, 0.1) is 13.8 Å². The molecule has 1 saturated heterocycles. The lowest BCUT2D eigenvalue weighted by Crippen LogP contribution is -2.46. The zero-order valence-electron chi connectivity index (χ0n) is 14.6. The fraction of sp³-hybridized carbons (Fsp3) is 0.381. The lowest BCUT2D eigenvalue weighted by molar-refractivity contribution is 0.243. The van der Waals surface area contributed by atoms with Gasteiger partial charge in [-0.15, -0.1) is 0 Å². The molecule has 0 bridgehead atoms. The molecule has 1 heterocycles. The fourth-order valence-corrected chi connectivity index (χ4v) is 3.90. The van der Waals surface area contributed by atoms with Gasteiger partial charge in [0.2, 0.25) is 0 Å². The van der Waals surface area contributed by atoms with Crippen LogP contribution in [0.3, 0.4) is 0 Å². The number of piperidine rings is 1. The quantitative estimate of drug-likeness (QED) is 0.784. The summed E-state index contributed by atoms with van der Waals surface area (Å²) in [4.78, 5) is 2.40. The number of anilines is 1. The number of hydrogen-bond donors (Lipinski definition) is 1. The van der Waals surface area contributed by atoms with Crippen molar-refractivity contribution in [3.05, 3.63) is 65.2 Å². The van der Waals surface area contributed by atoms with Gasteiger partial charge in [0, 0.05) is 18.3 Å².